The maximum Gasteiger partial charge on any atom is 0.333 e. The number of aryl methyl sites for hydroxylation is 1. The molecule has 7 aromatic carbocycles. The van der Waals surface area contributed by atoms with Crippen molar-refractivity contribution in [2.45, 2.75) is 59.3 Å². The molecule has 0 N–H and O–H groups in total. The molecule has 0 saturated heterocycles. The van der Waals surface area contributed by atoms with Crippen molar-refractivity contribution in [3.8, 4) is 22.3 Å². The van der Waals surface area contributed by atoms with Crippen LogP contribution >= 0.6 is 0 Å². The molecule has 3 heterocycles. The molecular weight excluding hydrogens is 667 g/mol. The van der Waals surface area contributed by atoms with Crippen molar-refractivity contribution in [1.29, 1.82) is 0 Å². The molecule has 0 unspecified atom stereocenters. The lowest BCUT2D eigenvalue weighted by Gasteiger charge is -2.46. The summed E-state index contributed by atoms with van der Waals surface area (Å²) in [4.78, 5) is 5.13. The Balaban J connectivity index is 1.33. The summed E-state index contributed by atoms with van der Waals surface area (Å²) >= 11 is 0. The maximum absolute atomic E-state index is 6.67. The fourth-order valence-corrected chi connectivity index (χ4v) is 8.98. The molecule has 0 aliphatic carbocycles. The van der Waals surface area contributed by atoms with Crippen LogP contribution in [-0.4, -0.2) is 6.85 Å². The van der Waals surface area contributed by atoms with E-state index >= 15 is 0 Å². The van der Waals surface area contributed by atoms with Crippen molar-refractivity contribution in [3.05, 3.63) is 162 Å². The van der Waals surface area contributed by atoms with E-state index in [9.17, 15) is 0 Å². The van der Waals surface area contributed by atoms with Gasteiger partial charge in [0.25, 0.3) is 0 Å². The number of hydrogen-bond acceptors (Lipinski definition) is 3. The molecule has 0 amide bonds. The molecule has 0 bridgehead atoms. The van der Waals surface area contributed by atoms with Crippen molar-refractivity contribution >= 4 is 68.1 Å². The van der Waals surface area contributed by atoms with Crippen LogP contribution < -0.4 is 20.6 Å². The molecule has 0 radical (unpaired) electrons. The van der Waals surface area contributed by atoms with Gasteiger partial charge in [-0.2, -0.15) is 0 Å². The second-order valence-corrected chi connectivity index (χ2v) is 17.5. The first-order valence-electron chi connectivity index (χ1n) is 19.5. The number of anilines is 5. The van der Waals surface area contributed by atoms with Crippen molar-refractivity contribution in [3.63, 3.8) is 0 Å². The molecule has 2 aliphatic heterocycles. The SMILES string of the molecule is Cc1cc2c3c(c1)N(c1ccc(C(C)(C)C)cc1-c1ccccc1)c1cc4oc5ccccc5c4cc1B3N(c1ccc(C(C)(C)C)cc1)c1ccccc1-2. The second kappa shape index (κ2) is 12.0. The number of para-hydroxylation sites is 2. The molecule has 4 heteroatoms. The summed E-state index contributed by atoms with van der Waals surface area (Å²) in [6.45, 7) is 15.9. The smallest absolute Gasteiger partial charge is 0.333 e. The third-order valence-corrected chi connectivity index (χ3v) is 11.8. The minimum atomic E-state index is -0.0840. The number of fused-ring (bicyclic) bond motifs is 7. The van der Waals surface area contributed by atoms with Crippen molar-refractivity contribution in [1.82, 2.24) is 0 Å². The summed E-state index contributed by atoms with van der Waals surface area (Å²) in [6.07, 6.45) is 0. The molecule has 268 valence electrons. The molecule has 1 aromatic heterocycles. The van der Waals surface area contributed by atoms with Crippen LogP contribution in [0, 0.1) is 6.92 Å². The fourth-order valence-electron chi connectivity index (χ4n) is 8.98. The number of benzene rings is 7. The quantitative estimate of drug-likeness (QED) is 0.170. The number of nitrogens with zero attached hydrogens (tertiary/aromatic N) is 2. The van der Waals surface area contributed by atoms with Gasteiger partial charge in [0.05, 0.1) is 5.69 Å². The summed E-state index contributed by atoms with van der Waals surface area (Å²) < 4.78 is 6.67. The lowest BCUT2D eigenvalue weighted by Crippen LogP contribution is -2.61. The molecule has 8 aromatic rings. The fraction of sp³-hybridized carbons (Fsp3) is 0.176. The van der Waals surface area contributed by atoms with Crippen LogP contribution in [0.3, 0.4) is 0 Å². The van der Waals surface area contributed by atoms with Crippen LogP contribution in [0.2, 0.25) is 0 Å². The summed E-state index contributed by atoms with van der Waals surface area (Å²) in [5, 5.41) is 2.28. The second-order valence-electron chi connectivity index (χ2n) is 17.5. The van der Waals surface area contributed by atoms with E-state index in [1.165, 1.54) is 66.9 Å². The van der Waals surface area contributed by atoms with E-state index in [2.05, 4.69) is 204 Å². The topological polar surface area (TPSA) is 19.6 Å². The highest BCUT2D eigenvalue weighted by Crippen LogP contribution is 2.50. The standard InChI is InChI=1S/C51H45BN2O/c1-32-27-41-37-17-11-13-19-44(37)54(36-24-21-34(22-25-36)50(2,3)4)52-42-30-40-38-18-12-14-20-47(38)55-48(40)31-45(42)53(46(28-32)49(41)52)43-26-23-35(51(5,6)7)29-39(43)33-15-9-8-10-16-33/h8-31H,1-7H3. The Labute approximate surface area is 325 Å². The van der Waals surface area contributed by atoms with Crippen LogP contribution in [0.5, 0.6) is 0 Å². The van der Waals surface area contributed by atoms with Gasteiger partial charge in [-0.1, -0.05) is 139 Å². The van der Waals surface area contributed by atoms with Crippen LogP contribution in [0.4, 0.5) is 28.4 Å². The lowest BCUT2D eigenvalue weighted by atomic mass is 9.43. The number of hydrogen-bond donors (Lipinski definition) is 0. The Bertz CT molecular complexity index is 2800. The van der Waals surface area contributed by atoms with Crippen molar-refractivity contribution in [2.75, 3.05) is 9.71 Å². The van der Waals surface area contributed by atoms with E-state index in [0.29, 0.717) is 0 Å². The van der Waals surface area contributed by atoms with Gasteiger partial charge in [0, 0.05) is 50.7 Å². The van der Waals surface area contributed by atoms with Gasteiger partial charge in [-0.05, 0) is 99.0 Å². The monoisotopic (exact) mass is 712 g/mol. The van der Waals surface area contributed by atoms with Crippen LogP contribution in [-0.2, 0) is 10.8 Å². The molecule has 0 spiro atoms. The molecular formula is C51H45BN2O. The minimum absolute atomic E-state index is 0.0113. The molecule has 2 aliphatic rings. The van der Waals surface area contributed by atoms with Crippen LogP contribution in [0.1, 0.15) is 58.2 Å². The Hall–Kier alpha value is -6.00. The zero-order valence-electron chi connectivity index (χ0n) is 32.7. The Morgan fingerprint density at radius 1 is 0.491 bits per heavy atom. The highest BCUT2D eigenvalue weighted by atomic mass is 16.3. The Morgan fingerprint density at radius 3 is 1.95 bits per heavy atom. The van der Waals surface area contributed by atoms with Gasteiger partial charge >= 0.3 is 6.85 Å². The lowest BCUT2D eigenvalue weighted by molar-refractivity contribution is 0.590. The highest BCUT2D eigenvalue weighted by molar-refractivity contribution is 6.93. The van der Waals surface area contributed by atoms with Gasteiger partial charge in [0.1, 0.15) is 11.2 Å². The number of furan rings is 1. The van der Waals surface area contributed by atoms with Crippen LogP contribution in [0.25, 0.3) is 44.2 Å². The van der Waals surface area contributed by atoms with Crippen LogP contribution in [0.15, 0.2) is 150 Å². The summed E-state index contributed by atoms with van der Waals surface area (Å²) in [5.74, 6) is 0. The summed E-state index contributed by atoms with van der Waals surface area (Å²) in [7, 11) is 0. The van der Waals surface area contributed by atoms with Gasteiger partial charge in [-0.15, -0.1) is 0 Å². The van der Waals surface area contributed by atoms with E-state index in [4.69, 9.17) is 4.42 Å². The summed E-state index contributed by atoms with van der Waals surface area (Å²) in [5.41, 5.74) is 19.1. The first-order chi connectivity index (χ1) is 26.5. The third-order valence-electron chi connectivity index (χ3n) is 11.8. The van der Waals surface area contributed by atoms with Gasteiger partial charge in [-0.3, -0.25) is 0 Å². The van der Waals surface area contributed by atoms with E-state index in [0.717, 1.165) is 33.3 Å². The molecule has 10 rings (SSSR count). The first-order valence-corrected chi connectivity index (χ1v) is 19.5. The van der Waals surface area contributed by atoms with E-state index in [1.807, 2.05) is 0 Å². The normalized spacial score (nSPS) is 13.6. The Morgan fingerprint density at radius 2 is 1.18 bits per heavy atom. The highest BCUT2D eigenvalue weighted by Gasteiger charge is 2.46. The van der Waals surface area contributed by atoms with Crippen molar-refractivity contribution < 1.29 is 4.42 Å². The van der Waals surface area contributed by atoms with E-state index in [1.54, 1.807) is 0 Å². The molecule has 55 heavy (non-hydrogen) atoms. The van der Waals surface area contributed by atoms with E-state index < -0.39 is 0 Å². The molecule has 0 saturated carbocycles. The van der Waals surface area contributed by atoms with Gasteiger partial charge in [0.2, 0.25) is 0 Å². The zero-order valence-corrected chi connectivity index (χ0v) is 32.7. The average Bonchev–Trinajstić information content (AvgIpc) is 3.54. The molecule has 3 nitrogen and oxygen atoms in total. The Kier molecular flexibility index (Phi) is 7.32. The average molecular weight is 713 g/mol. The maximum atomic E-state index is 6.67. The minimum Gasteiger partial charge on any atom is -0.456 e. The van der Waals surface area contributed by atoms with Crippen molar-refractivity contribution in [2.24, 2.45) is 0 Å². The predicted molar refractivity (Wildman–Crippen MR) is 235 cm³/mol. The summed E-state index contributed by atoms with van der Waals surface area (Å²) in [6, 6.07) is 54.2. The van der Waals surface area contributed by atoms with Gasteiger partial charge < -0.3 is 14.1 Å². The predicted octanol–water partition coefficient (Wildman–Crippen LogP) is 12.9. The first kappa shape index (κ1) is 33.6. The molecule has 0 fully saturated rings. The van der Waals surface area contributed by atoms with Gasteiger partial charge in [0.15, 0.2) is 0 Å². The van der Waals surface area contributed by atoms with E-state index in [-0.39, 0.29) is 17.7 Å². The number of rotatable bonds is 3. The van der Waals surface area contributed by atoms with Gasteiger partial charge in [-0.25, -0.2) is 0 Å². The largest absolute Gasteiger partial charge is 0.456 e. The third kappa shape index (κ3) is 5.26. The zero-order chi connectivity index (χ0) is 37.8. The molecule has 0 atom stereocenters.